The summed E-state index contributed by atoms with van der Waals surface area (Å²) in [5.74, 6) is -0.891. The highest BCUT2D eigenvalue weighted by molar-refractivity contribution is 6.18. The quantitative estimate of drug-likeness (QED) is 0.398. The monoisotopic (exact) mass is 220 g/mol. The molecule has 0 amide bonds. The van der Waals surface area contributed by atoms with Gasteiger partial charge >= 0.3 is 11.9 Å². The lowest BCUT2D eigenvalue weighted by Crippen LogP contribution is -2.25. The molecule has 0 radical (unpaired) electrons. The van der Waals surface area contributed by atoms with Crippen LogP contribution in [0, 0.1) is 0 Å². The summed E-state index contributed by atoms with van der Waals surface area (Å²) in [4.78, 5) is 21.5. The third-order valence-corrected chi connectivity index (χ3v) is 1.60. The standard InChI is InChI=1S/C9H13ClO4/c1-6(2)9(12)13-5-8(4-10)14-7(3)11/h8H,1,4-5H2,2-3H3. The van der Waals surface area contributed by atoms with E-state index < -0.39 is 18.0 Å². The van der Waals surface area contributed by atoms with Crippen LogP contribution in [-0.4, -0.2) is 30.5 Å². The van der Waals surface area contributed by atoms with E-state index >= 15 is 0 Å². The molecule has 0 saturated heterocycles. The molecule has 0 rings (SSSR count). The second kappa shape index (κ2) is 6.43. The molecular weight excluding hydrogens is 208 g/mol. The number of hydrogen-bond acceptors (Lipinski definition) is 4. The Bertz CT molecular complexity index is 237. The van der Waals surface area contributed by atoms with Crippen LogP contribution >= 0.6 is 11.6 Å². The largest absolute Gasteiger partial charge is 0.458 e. The highest BCUT2D eigenvalue weighted by atomic mass is 35.5. The van der Waals surface area contributed by atoms with E-state index in [4.69, 9.17) is 21.1 Å². The summed E-state index contributed by atoms with van der Waals surface area (Å²) >= 11 is 5.48. The van der Waals surface area contributed by atoms with Gasteiger partial charge in [0.25, 0.3) is 0 Å². The first kappa shape index (κ1) is 13.0. The Morgan fingerprint density at radius 3 is 2.36 bits per heavy atom. The lowest BCUT2D eigenvalue weighted by molar-refractivity contribution is -0.154. The van der Waals surface area contributed by atoms with Gasteiger partial charge in [0.05, 0.1) is 5.88 Å². The molecule has 0 bridgehead atoms. The van der Waals surface area contributed by atoms with Gasteiger partial charge in [-0.1, -0.05) is 6.58 Å². The number of alkyl halides is 1. The Labute approximate surface area is 87.8 Å². The normalized spacial score (nSPS) is 11.6. The fraction of sp³-hybridized carbons (Fsp3) is 0.556. The third kappa shape index (κ3) is 5.59. The van der Waals surface area contributed by atoms with Gasteiger partial charge in [-0.15, -0.1) is 11.6 Å². The Morgan fingerprint density at radius 1 is 1.43 bits per heavy atom. The van der Waals surface area contributed by atoms with Gasteiger partial charge in [0.15, 0.2) is 0 Å². The lowest BCUT2D eigenvalue weighted by atomic mass is 10.3. The molecular formula is C9H13ClO4. The van der Waals surface area contributed by atoms with E-state index in [0.717, 1.165) is 0 Å². The number of carbonyl (C=O) groups is 2. The molecule has 1 unspecified atom stereocenters. The van der Waals surface area contributed by atoms with Crippen molar-refractivity contribution in [2.24, 2.45) is 0 Å². The van der Waals surface area contributed by atoms with Gasteiger partial charge in [0.1, 0.15) is 12.7 Å². The van der Waals surface area contributed by atoms with Crippen LogP contribution in [0.4, 0.5) is 0 Å². The molecule has 0 spiro atoms. The van der Waals surface area contributed by atoms with Crippen LogP contribution in [0.15, 0.2) is 12.2 Å². The van der Waals surface area contributed by atoms with Gasteiger partial charge in [-0.3, -0.25) is 4.79 Å². The fourth-order valence-electron chi connectivity index (χ4n) is 0.637. The summed E-state index contributed by atoms with van der Waals surface area (Å²) in [6.07, 6.45) is -0.600. The van der Waals surface area contributed by atoms with E-state index in [2.05, 4.69) is 6.58 Å². The van der Waals surface area contributed by atoms with Crippen molar-refractivity contribution in [2.45, 2.75) is 20.0 Å². The van der Waals surface area contributed by atoms with Crippen LogP contribution in [0.3, 0.4) is 0 Å². The summed E-state index contributed by atoms with van der Waals surface area (Å²) in [6, 6.07) is 0. The van der Waals surface area contributed by atoms with Crippen molar-refractivity contribution in [3.05, 3.63) is 12.2 Å². The second-order valence-electron chi connectivity index (χ2n) is 2.76. The van der Waals surface area contributed by atoms with Crippen LogP contribution in [0.2, 0.25) is 0 Å². The second-order valence-corrected chi connectivity index (χ2v) is 3.07. The van der Waals surface area contributed by atoms with Gasteiger partial charge in [-0.05, 0) is 6.92 Å². The van der Waals surface area contributed by atoms with Crippen molar-refractivity contribution in [2.75, 3.05) is 12.5 Å². The van der Waals surface area contributed by atoms with Crippen LogP contribution < -0.4 is 0 Å². The summed E-state index contributed by atoms with van der Waals surface area (Å²) in [6.45, 7) is 6.15. The molecule has 0 aromatic carbocycles. The molecule has 0 aliphatic heterocycles. The van der Waals surface area contributed by atoms with Gasteiger partial charge in [-0.25, -0.2) is 4.79 Å². The maximum absolute atomic E-state index is 10.9. The summed E-state index contributed by atoms with van der Waals surface area (Å²) < 4.78 is 9.51. The number of ether oxygens (including phenoxy) is 2. The van der Waals surface area contributed by atoms with Crippen molar-refractivity contribution in [3.8, 4) is 0 Å². The number of carbonyl (C=O) groups excluding carboxylic acids is 2. The topological polar surface area (TPSA) is 52.6 Å². The van der Waals surface area contributed by atoms with Gasteiger partial charge in [-0.2, -0.15) is 0 Å². The predicted octanol–water partition coefficient (Wildman–Crippen LogP) is 1.28. The Kier molecular flexibility index (Phi) is 5.95. The molecule has 0 aliphatic rings. The lowest BCUT2D eigenvalue weighted by Gasteiger charge is -2.13. The van der Waals surface area contributed by atoms with Crippen molar-refractivity contribution in [3.63, 3.8) is 0 Å². The Hall–Kier alpha value is -1.03. The summed E-state index contributed by atoms with van der Waals surface area (Å²) in [5, 5.41) is 0. The number of halogens is 1. The van der Waals surface area contributed by atoms with Gasteiger partial charge in [0.2, 0.25) is 0 Å². The molecule has 0 aromatic rings. The average Bonchev–Trinajstić information content (AvgIpc) is 2.10. The maximum atomic E-state index is 10.9. The van der Waals surface area contributed by atoms with E-state index in [1.165, 1.54) is 13.8 Å². The molecule has 0 heterocycles. The van der Waals surface area contributed by atoms with E-state index in [9.17, 15) is 9.59 Å². The van der Waals surface area contributed by atoms with E-state index in [0.29, 0.717) is 5.57 Å². The molecule has 0 saturated carbocycles. The number of hydrogen-bond donors (Lipinski definition) is 0. The first-order chi connectivity index (χ1) is 6.47. The smallest absolute Gasteiger partial charge is 0.333 e. The highest BCUT2D eigenvalue weighted by Crippen LogP contribution is 2.00. The molecule has 0 aromatic heterocycles. The highest BCUT2D eigenvalue weighted by Gasteiger charge is 2.13. The molecule has 0 N–H and O–H groups in total. The van der Waals surface area contributed by atoms with Crippen LogP contribution in [0.25, 0.3) is 0 Å². The van der Waals surface area contributed by atoms with Crippen molar-refractivity contribution < 1.29 is 19.1 Å². The minimum atomic E-state index is -0.600. The van der Waals surface area contributed by atoms with Crippen LogP contribution in [0.5, 0.6) is 0 Å². The number of rotatable bonds is 5. The van der Waals surface area contributed by atoms with E-state index in [1.54, 1.807) is 0 Å². The third-order valence-electron chi connectivity index (χ3n) is 1.25. The van der Waals surface area contributed by atoms with Crippen molar-refractivity contribution in [1.82, 2.24) is 0 Å². The molecule has 1 atom stereocenters. The van der Waals surface area contributed by atoms with Crippen LogP contribution in [0.1, 0.15) is 13.8 Å². The molecule has 14 heavy (non-hydrogen) atoms. The summed E-state index contributed by atoms with van der Waals surface area (Å²) in [5.41, 5.74) is 0.293. The molecule has 4 nitrogen and oxygen atoms in total. The SMILES string of the molecule is C=C(C)C(=O)OCC(CCl)OC(C)=O. The molecule has 80 valence electrons. The first-order valence-electron chi connectivity index (χ1n) is 4.03. The van der Waals surface area contributed by atoms with Crippen LogP contribution in [-0.2, 0) is 19.1 Å². The molecule has 5 heteroatoms. The predicted molar refractivity (Wildman–Crippen MR) is 52.0 cm³/mol. The zero-order valence-corrected chi connectivity index (χ0v) is 8.97. The van der Waals surface area contributed by atoms with Gasteiger partial charge in [0, 0.05) is 12.5 Å². The van der Waals surface area contributed by atoms with E-state index in [-0.39, 0.29) is 12.5 Å². The minimum Gasteiger partial charge on any atom is -0.458 e. The minimum absolute atomic E-state index is 0.0469. The van der Waals surface area contributed by atoms with E-state index in [1.807, 2.05) is 0 Å². The Balaban J connectivity index is 3.89. The molecule has 0 aliphatic carbocycles. The fourth-order valence-corrected chi connectivity index (χ4v) is 0.789. The Morgan fingerprint density at radius 2 is 2.00 bits per heavy atom. The zero-order valence-electron chi connectivity index (χ0n) is 8.21. The number of esters is 2. The van der Waals surface area contributed by atoms with Crippen molar-refractivity contribution >= 4 is 23.5 Å². The van der Waals surface area contributed by atoms with Gasteiger partial charge < -0.3 is 9.47 Å². The maximum Gasteiger partial charge on any atom is 0.333 e. The first-order valence-corrected chi connectivity index (χ1v) is 4.56. The summed E-state index contributed by atoms with van der Waals surface area (Å²) in [7, 11) is 0. The molecule has 0 fully saturated rings. The van der Waals surface area contributed by atoms with Crippen molar-refractivity contribution in [1.29, 1.82) is 0 Å². The zero-order chi connectivity index (χ0) is 11.1. The average molecular weight is 221 g/mol.